The van der Waals surface area contributed by atoms with E-state index in [-0.39, 0.29) is 17.7 Å². The van der Waals surface area contributed by atoms with Crippen molar-refractivity contribution >= 4 is 22.7 Å². The monoisotopic (exact) mass is 337 g/mol. The predicted molar refractivity (Wildman–Crippen MR) is 94.0 cm³/mol. The van der Waals surface area contributed by atoms with Crippen LogP contribution in [0.25, 0.3) is 22.8 Å². The minimum Gasteiger partial charge on any atom is -0.459 e. The summed E-state index contributed by atoms with van der Waals surface area (Å²) in [5, 5.41) is 4.29. The van der Waals surface area contributed by atoms with E-state index in [9.17, 15) is 4.79 Å². The van der Waals surface area contributed by atoms with E-state index in [4.69, 9.17) is 8.83 Å². The third-order valence-corrected chi connectivity index (χ3v) is 4.67. The minimum atomic E-state index is -0.0541. The molecule has 1 aliphatic heterocycles. The summed E-state index contributed by atoms with van der Waals surface area (Å²) in [6, 6.07) is 9.40. The summed E-state index contributed by atoms with van der Waals surface area (Å²) in [6.07, 6.45) is 3.40. The molecule has 0 saturated carbocycles. The predicted octanol–water partition coefficient (Wildman–Crippen LogP) is 3.97. The van der Waals surface area contributed by atoms with Gasteiger partial charge in [-0.15, -0.1) is 0 Å². The molecule has 0 spiro atoms. The Labute approximate surface area is 144 Å². The summed E-state index contributed by atoms with van der Waals surface area (Å²) < 4.78 is 11.2. The number of furan rings is 1. The number of nitrogens with zero attached hydrogens (tertiary/aromatic N) is 2. The van der Waals surface area contributed by atoms with Gasteiger partial charge in [0.05, 0.1) is 12.0 Å². The summed E-state index contributed by atoms with van der Waals surface area (Å²) in [6.45, 7) is 4.14. The molecule has 25 heavy (non-hydrogen) atoms. The van der Waals surface area contributed by atoms with Crippen molar-refractivity contribution in [1.29, 1.82) is 0 Å². The average Bonchev–Trinajstić information content (AvgIpc) is 3.26. The zero-order valence-corrected chi connectivity index (χ0v) is 14.2. The van der Waals surface area contributed by atoms with Crippen LogP contribution < -0.4 is 5.43 Å². The van der Waals surface area contributed by atoms with Crippen LogP contribution >= 0.6 is 0 Å². The SMILES string of the molecule is CCC[C@@H]1C(=O)NN=C(c2ccc3nc(-c4ccco4)oc3c2)[C@H]1C. The van der Waals surface area contributed by atoms with Crippen LogP contribution in [0.5, 0.6) is 0 Å². The first kappa shape index (κ1) is 15.6. The van der Waals surface area contributed by atoms with Gasteiger partial charge in [-0.1, -0.05) is 26.3 Å². The van der Waals surface area contributed by atoms with Gasteiger partial charge in [0.2, 0.25) is 5.91 Å². The number of aromatic nitrogens is 1. The van der Waals surface area contributed by atoms with Gasteiger partial charge in [0.25, 0.3) is 5.89 Å². The van der Waals surface area contributed by atoms with Crippen LogP contribution in [0.4, 0.5) is 0 Å². The van der Waals surface area contributed by atoms with Crippen molar-refractivity contribution in [2.24, 2.45) is 16.9 Å². The molecule has 128 valence electrons. The number of benzene rings is 1. The second-order valence-electron chi connectivity index (χ2n) is 6.34. The maximum absolute atomic E-state index is 12.1. The van der Waals surface area contributed by atoms with Crippen molar-refractivity contribution in [2.75, 3.05) is 0 Å². The molecule has 2 aromatic heterocycles. The Kier molecular flexibility index (Phi) is 3.87. The number of rotatable bonds is 4. The number of hydrazone groups is 1. The highest BCUT2D eigenvalue weighted by molar-refractivity contribution is 6.07. The highest BCUT2D eigenvalue weighted by Gasteiger charge is 2.32. The minimum absolute atomic E-state index is 0.000973. The highest BCUT2D eigenvalue weighted by atomic mass is 16.4. The fourth-order valence-electron chi connectivity index (χ4n) is 3.33. The first-order chi connectivity index (χ1) is 12.2. The molecule has 4 rings (SSSR count). The van der Waals surface area contributed by atoms with Crippen LogP contribution in [0.3, 0.4) is 0 Å². The number of oxazole rings is 1. The van der Waals surface area contributed by atoms with Crippen LogP contribution in [0, 0.1) is 11.8 Å². The van der Waals surface area contributed by atoms with Gasteiger partial charge in [-0.05, 0) is 30.7 Å². The maximum atomic E-state index is 12.1. The Balaban J connectivity index is 1.70. The zero-order chi connectivity index (χ0) is 17.4. The quantitative estimate of drug-likeness (QED) is 0.781. The largest absolute Gasteiger partial charge is 0.459 e. The first-order valence-corrected chi connectivity index (χ1v) is 8.49. The van der Waals surface area contributed by atoms with Gasteiger partial charge in [0.1, 0.15) is 5.52 Å². The molecule has 0 bridgehead atoms. The van der Waals surface area contributed by atoms with Gasteiger partial charge in [-0.25, -0.2) is 10.4 Å². The molecular formula is C19H19N3O3. The van der Waals surface area contributed by atoms with Crippen LogP contribution in [0.15, 0.2) is 50.5 Å². The van der Waals surface area contributed by atoms with E-state index in [1.54, 1.807) is 12.3 Å². The van der Waals surface area contributed by atoms with Crippen LogP contribution in [-0.4, -0.2) is 16.6 Å². The van der Waals surface area contributed by atoms with Gasteiger partial charge in [0.15, 0.2) is 11.3 Å². The molecule has 3 heterocycles. The first-order valence-electron chi connectivity index (χ1n) is 8.49. The molecule has 0 fully saturated rings. The topological polar surface area (TPSA) is 80.6 Å². The Bertz CT molecular complexity index is 940. The molecule has 3 aromatic rings. The fourth-order valence-corrected chi connectivity index (χ4v) is 3.33. The van der Waals surface area contributed by atoms with Gasteiger partial charge >= 0.3 is 0 Å². The number of amides is 1. The van der Waals surface area contributed by atoms with Gasteiger partial charge in [0, 0.05) is 17.4 Å². The Morgan fingerprint density at radius 2 is 2.16 bits per heavy atom. The average molecular weight is 337 g/mol. The lowest BCUT2D eigenvalue weighted by molar-refractivity contribution is -0.126. The van der Waals surface area contributed by atoms with Crippen LogP contribution in [0.2, 0.25) is 0 Å². The molecule has 0 unspecified atom stereocenters. The smallest absolute Gasteiger partial charge is 0.263 e. The summed E-state index contributed by atoms with van der Waals surface area (Å²) >= 11 is 0. The zero-order valence-electron chi connectivity index (χ0n) is 14.2. The fraction of sp³-hybridized carbons (Fsp3) is 0.316. The number of carbonyl (C=O) groups excluding carboxylic acids is 1. The number of carbonyl (C=O) groups is 1. The lowest BCUT2D eigenvalue weighted by Crippen LogP contribution is -2.40. The van der Waals surface area contributed by atoms with Crippen LogP contribution in [-0.2, 0) is 4.79 Å². The standard InChI is InChI=1S/C19H19N3O3/c1-3-5-13-11(2)17(21-22-18(13)23)12-7-8-14-16(10-12)25-19(20-14)15-6-4-9-24-15/h4,6-11,13H,3,5H2,1-2H3,(H,22,23)/t11-,13-/m0/s1. The molecule has 1 N–H and O–H groups in total. The molecule has 1 amide bonds. The molecule has 0 aliphatic carbocycles. The summed E-state index contributed by atoms with van der Waals surface area (Å²) in [7, 11) is 0. The van der Waals surface area contributed by atoms with E-state index in [2.05, 4.69) is 29.4 Å². The Morgan fingerprint density at radius 3 is 2.92 bits per heavy atom. The van der Waals surface area contributed by atoms with Crippen molar-refractivity contribution in [3.05, 3.63) is 42.2 Å². The third kappa shape index (κ3) is 2.73. The van der Waals surface area contributed by atoms with Crippen molar-refractivity contribution in [3.63, 3.8) is 0 Å². The van der Waals surface area contributed by atoms with Crippen LogP contribution in [0.1, 0.15) is 32.3 Å². The highest BCUT2D eigenvalue weighted by Crippen LogP contribution is 2.29. The molecule has 1 aromatic carbocycles. The molecule has 6 heteroatoms. The number of hydrogen-bond acceptors (Lipinski definition) is 5. The van der Waals surface area contributed by atoms with Gasteiger partial charge < -0.3 is 8.83 Å². The Hall–Kier alpha value is -2.89. The van der Waals surface area contributed by atoms with E-state index in [1.807, 2.05) is 24.3 Å². The van der Waals surface area contributed by atoms with E-state index in [0.29, 0.717) is 17.2 Å². The van der Waals surface area contributed by atoms with Crippen molar-refractivity contribution in [2.45, 2.75) is 26.7 Å². The van der Waals surface area contributed by atoms with Crippen molar-refractivity contribution in [3.8, 4) is 11.7 Å². The molecular weight excluding hydrogens is 318 g/mol. The second kappa shape index (κ2) is 6.20. The summed E-state index contributed by atoms with van der Waals surface area (Å²) in [4.78, 5) is 16.5. The molecule has 0 saturated heterocycles. The summed E-state index contributed by atoms with van der Waals surface area (Å²) in [5.41, 5.74) is 5.89. The van der Waals surface area contributed by atoms with E-state index in [1.165, 1.54) is 0 Å². The normalized spacial score (nSPS) is 20.6. The molecule has 2 atom stereocenters. The molecule has 0 radical (unpaired) electrons. The maximum Gasteiger partial charge on any atom is 0.263 e. The lowest BCUT2D eigenvalue weighted by atomic mass is 9.82. The van der Waals surface area contributed by atoms with Crippen molar-refractivity contribution in [1.82, 2.24) is 10.4 Å². The van der Waals surface area contributed by atoms with E-state index >= 15 is 0 Å². The van der Waals surface area contributed by atoms with Gasteiger partial charge in [-0.3, -0.25) is 4.79 Å². The van der Waals surface area contributed by atoms with Crippen molar-refractivity contribution < 1.29 is 13.6 Å². The molecule has 1 aliphatic rings. The number of fused-ring (bicyclic) bond motifs is 1. The number of hydrogen-bond donors (Lipinski definition) is 1. The Morgan fingerprint density at radius 1 is 1.28 bits per heavy atom. The van der Waals surface area contributed by atoms with E-state index < -0.39 is 0 Å². The second-order valence-corrected chi connectivity index (χ2v) is 6.34. The summed E-state index contributed by atoms with van der Waals surface area (Å²) in [5.74, 6) is 1.04. The lowest BCUT2D eigenvalue weighted by Gasteiger charge is -2.27. The third-order valence-electron chi connectivity index (χ3n) is 4.67. The molecule has 6 nitrogen and oxygen atoms in total. The van der Waals surface area contributed by atoms with E-state index in [0.717, 1.165) is 29.6 Å². The number of nitrogens with one attached hydrogen (secondary N) is 1. The van der Waals surface area contributed by atoms with Gasteiger partial charge in [-0.2, -0.15) is 5.10 Å².